The van der Waals surface area contributed by atoms with Gasteiger partial charge in [-0.05, 0) is 79.6 Å². The van der Waals surface area contributed by atoms with Crippen LogP contribution in [0.2, 0.25) is 0 Å². The average Bonchev–Trinajstić information content (AvgIpc) is 2.94. The van der Waals surface area contributed by atoms with E-state index in [1.165, 1.54) is 22.3 Å². The van der Waals surface area contributed by atoms with Gasteiger partial charge in [-0.3, -0.25) is 9.78 Å². The van der Waals surface area contributed by atoms with Crippen LogP contribution < -0.4 is 0 Å². The fourth-order valence-corrected chi connectivity index (χ4v) is 4.36. The van der Waals surface area contributed by atoms with Gasteiger partial charge in [0, 0.05) is 28.3 Å². The lowest BCUT2D eigenvalue weighted by molar-refractivity contribution is 0.104. The van der Waals surface area contributed by atoms with Gasteiger partial charge in [0.25, 0.3) is 0 Å². The molecule has 0 unspecified atom stereocenters. The minimum atomic E-state index is 0.110. The van der Waals surface area contributed by atoms with Crippen LogP contribution in [0.4, 0.5) is 0 Å². The summed E-state index contributed by atoms with van der Waals surface area (Å²) in [5.41, 5.74) is 10.6. The number of hydrogen-bond acceptors (Lipinski definition) is 2. The molecule has 4 aromatic rings. The summed E-state index contributed by atoms with van der Waals surface area (Å²) in [6.45, 7) is 8.45. The van der Waals surface area contributed by atoms with E-state index in [9.17, 15) is 4.79 Å². The van der Waals surface area contributed by atoms with E-state index in [1.54, 1.807) is 0 Å². The van der Waals surface area contributed by atoms with Gasteiger partial charge in [-0.25, -0.2) is 0 Å². The topological polar surface area (TPSA) is 30.0 Å². The second kappa shape index (κ2) is 5.87. The highest BCUT2D eigenvalue weighted by molar-refractivity contribution is 6.23. The number of aryl methyl sites for hydroxylation is 3. The van der Waals surface area contributed by atoms with Crippen LogP contribution >= 0.6 is 0 Å². The van der Waals surface area contributed by atoms with Crippen molar-refractivity contribution in [3.63, 3.8) is 0 Å². The molecule has 28 heavy (non-hydrogen) atoms. The molecular formula is C26H21NO. The normalized spacial score (nSPS) is 12.4. The van der Waals surface area contributed by atoms with Gasteiger partial charge in [-0.1, -0.05) is 35.4 Å². The average molecular weight is 363 g/mol. The van der Waals surface area contributed by atoms with Crippen LogP contribution in [0.1, 0.15) is 38.2 Å². The summed E-state index contributed by atoms with van der Waals surface area (Å²) in [5, 5.41) is 2.15. The Labute approximate surface area is 164 Å². The number of carbonyl (C=O) groups excluding carboxylic acids is 1. The summed E-state index contributed by atoms with van der Waals surface area (Å²) >= 11 is 0. The van der Waals surface area contributed by atoms with Crippen molar-refractivity contribution in [1.29, 1.82) is 0 Å². The highest BCUT2D eigenvalue weighted by Gasteiger charge is 2.27. The Morgan fingerprint density at radius 3 is 2.25 bits per heavy atom. The Kier molecular flexibility index (Phi) is 3.54. The van der Waals surface area contributed by atoms with Gasteiger partial charge in [0.05, 0.1) is 5.69 Å². The minimum absolute atomic E-state index is 0.110. The molecule has 0 atom stereocenters. The smallest absolute Gasteiger partial charge is 0.194 e. The Hall–Kier alpha value is -3.26. The molecule has 136 valence electrons. The Morgan fingerprint density at radius 2 is 1.43 bits per heavy atom. The predicted molar refractivity (Wildman–Crippen MR) is 115 cm³/mol. The largest absolute Gasteiger partial charge is 0.289 e. The maximum Gasteiger partial charge on any atom is 0.194 e. The zero-order valence-electron chi connectivity index (χ0n) is 16.6. The van der Waals surface area contributed by atoms with Crippen LogP contribution in [0.3, 0.4) is 0 Å². The number of aromatic nitrogens is 1. The van der Waals surface area contributed by atoms with Crippen molar-refractivity contribution in [3.05, 3.63) is 88.1 Å². The van der Waals surface area contributed by atoms with E-state index in [0.29, 0.717) is 0 Å². The summed E-state index contributed by atoms with van der Waals surface area (Å²) < 4.78 is 0. The van der Waals surface area contributed by atoms with E-state index < -0.39 is 0 Å². The third-order valence-electron chi connectivity index (χ3n) is 5.92. The molecule has 0 saturated heterocycles. The number of rotatable bonds is 1. The molecule has 0 saturated carbocycles. The first kappa shape index (κ1) is 16.9. The van der Waals surface area contributed by atoms with Crippen LogP contribution in [-0.4, -0.2) is 10.8 Å². The van der Waals surface area contributed by atoms with Gasteiger partial charge in [-0.15, -0.1) is 0 Å². The van der Waals surface area contributed by atoms with Crippen molar-refractivity contribution < 1.29 is 4.79 Å². The third kappa shape index (κ3) is 2.34. The lowest BCUT2D eigenvalue weighted by Gasteiger charge is -2.13. The Bertz CT molecular complexity index is 1310. The number of nitrogens with zero attached hydrogens (tertiary/aromatic N) is 1. The molecule has 1 heterocycles. The maximum absolute atomic E-state index is 13.0. The molecule has 0 N–H and O–H groups in total. The molecule has 1 aliphatic rings. The highest BCUT2D eigenvalue weighted by atomic mass is 16.1. The van der Waals surface area contributed by atoms with E-state index in [-0.39, 0.29) is 5.78 Å². The maximum atomic E-state index is 13.0. The number of fused-ring (bicyclic) bond motifs is 4. The first-order valence-electron chi connectivity index (χ1n) is 9.61. The summed E-state index contributed by atoms with van der Waals surface area (Å²) in [6, 6.07) is 16.7. The van der Waals surface area contributed by atoms with E-state index in [4.69, 9.17) is 4.98 Å². The molecule has 3 aromatic carbocycles. The molecule has 0 bridgehead atoms. The fraction of sp³-hybridized carbons (Fsp3) is 0.154. The molecule has 0 aliphatic heterocycles. The van der Waals surface area contributed by atoms with Gasteiger partial charge in [0.1, 0.15) is 0 Å². The van der Waals surface area contributed by atoms with E-state index in [1.807, 2.05) is 30.5 Å². The van der Waals surface area contributed by atoms with Crippen LogP contribution in [0.25, 0.3) is 33.2 Å². The monoisotopic (exact) mass is 363 g/mol. The van der Waals surface area contributed by atoms with E-state index >= 15 is 0 Å². The van der Waals surface area contributed by atoms with Crippen molar-refractivity contribution in [3.8, 4) is 22.4 Å². The number of pyridine rings is 1. The first-order chi connectivity index (χ1) is 13.4. The van der Waals surface area contributed by atoms with Crippen LogP contribution in [0, 0.1) is 27.7 Å². The molecule has 0 amide bonds. The van der Waals surface area contributed by atoms with Crippen molar-refractivity contribution >= 4 is 16.6 Å². The molecule has 0 fully saturated rings. The SMILES string of the molecule is Cc1ccc2c(c1)-c1cc3ccnc(-c4cc(C)cc(C)c4C)c3cc1C2=O. The fourth-order valence-electron chi connectivity index (χ4n) is 4.36. The second-order valence-electron chi connectivity index (χ2n) is 7.91. The Morgan fingerprint density at radius 1 is 0.679 bits per heavy atom. The van der Waals surface area contributed by atoms with E-state index in [2.05, 4.69) is 52.0 Å². The van der Waals surface area contributed by atoms with E-state index in [0.717, 1.165) is 44.3 Å². The molecule has 0 radical (unpaired) electrons. The van der Waals surface area contributed by atoms with Crippen molar-refractivity contribution in [1.82, 2.24) is 4.98 Å². The summed E-state index contributed by atoms with van der Waals surface area (Å²) in [4.78, 5) is 17.8. The standard InChI is InChI=1S/C26H21NO/c1-14-5-6-19-22(10-14)23-12-18-7-8-27-25(21(18)13-24(23)26(19)28)20-11-15(2)9-16(3)17(20)4/h5-13H,1-4H3. The minimum Gasteiger partial charge on any atom is -0.289 e. The van der Waals surface area contributed by atoms with Gasteiger partial charge in [0.2, 0.25) is 0 Å². The molecule has 2 nitrogen and oxygen atoms in total. The summed E-state index contributed by atoms with van der Waals surface area (Å²) in [7, 11) is 0. The van der Waals surface area contributed by atoms with Crippen LogP contribution in [0.15, 0.2) is 54.7 Å². The predicted octanol–water partition coefficient (Wildman–Crippen LogP) is 6.35. The zero-order valence-corrected chi connectivity index (χ0v) is 16.6. The molecule has 1 aromatic heterocycles. The van der Waals surface area contributed by atoms with Crippen LogP contribution in [0.5, 0.6) is 0 Å². The van der Waals surface area contributed by atoms with Gasteiger partial charge in [0.15, 0.2) is 5.78 Å². The van der Waals surface area contributed by atoms with Crippen molar-refractivity contribution in [2.75, 3.05) is 0 Å². The number of ketones is 1. The Balaban J connectivity index is 1.82. The number of carbonyl (C=O) groups is 1. The molecule has 2 heteroatoms. The highest BCUT2D eigenvalue weighted by Crippen LogP contribution is 2.41. The quantitative estimate of drug-likeness (QED) is 0.347. The zero-order chi connectivity index (χ0) is 19.6. The van der Waals surface area contributed by atoms with Crippen molar-refractivity contribution in [2.24, 2.45) is 0 Å². The third-order valence-corrected chi connectivity index (χ3v) is 5.92. The second-order valence-corrected chi connectivity index (χ2v) is 7.91. The van der Waals surface area contributed by atoms with Crippen LogP contribution in [-0.2, 0) is 0 Å². The van der Waals surface area contributed by atoms with Gasteiger partial charge in [-0.2, -0.15) is 0 Å². The molecule has 1 aliphatic carbocycles. The summed E-state index contributed by atoms with van der Waals surface area (Å²) in [5.74, 6) is 0.110. The summed E-state index contributed by atoms with van der Waals surface area (Å²) in [6.07, 6.45) is 1.87. The number of hydrogen-bond donors (Lipinski definition) is 0. The van der Waals surface area contributed by atoms with Gasteiger partial charge >= 0.3 is 0 Å². The number of benzene rings is 3. The lowest BCUT2D eigenvalue weighted by Crippen LogP contribution is -1.97. The first-order valence-corrected chi connectivity index (χ1v) is 9.61. The molecular weight excluding hydrogens is 342 g/mol. The molecule has 0 spiro atoms. The lowest BCUT2D eigenvalue weighted by atomic mass is 9.93. The van der Waals surface area contributed by atoms with Gasteiger partial charge < -0.3 is 0 Å². The van der Waals surface area contributed by atoms with Crippen molar-refractivity contribution in [2.45, 2.75) is 27.7 Å². The molecule has 5 rings (SSSR count).